The standard InChI is InChI=1S/C19H32N4O2.HI/c1-14(2)11-15(23-9-5-6-10-23)13-21-19(20)22-17-12-16(24-3)7-8-18(17)25-4;/h7-8,12,14-15H,5-6,9-11,13H2,1-4H3,(H3,20,21,22);1H. The second-order valence-electron chi connectivity index (χ2n) is 6.94. The van der Waals surface area contributed by atoms with Crippen LogP contribution >= 0.6 is 24.0 Å². The maximum Gasteiger partial charge on any atom is 0.193 e. The van der Waals surface area contributed by atoms with Crippen LogP contribution in [0.4, 0.5) is 5.69 Å². The highest BCUT2D eigenvalue weighted by Gasteiger charge is 2.22. The number of halogens is 1. The van der Waals surface area contributed by atoms with E-state index in [-0.39, 0.29) is 24.0 Å². The molecule has 0 spiro atoms. The molecule has 3 N–H and O–H groups in total. The highest BCUT2D eigenvalue weighted by Crippen LogP contribution is 2.28. The lowest BCUT2D eigenvalue weighted by atomic mass is 10.0. The van der Waals surface area contributed by atoms with Gasteiger partial charge in [0.05, 0.1) is 26.5 Å². The molecule has 148 valence electrons. The number of ether oxygens (including phenoxy) is 2. The normalized spacial score (nSPS) is 16.3. The highest BCUT2D eigenvalue weighted by molar-refractivity contribution is 14.0. The average molecular weight is 476 g/mol. The molecule has 26 heavy (non-hydrogen) atoms. The number of methoxy groups -OCH3 is 2. The minimum atomic E-state index is 0. The summed E-state index contributed by atoms with van der Waals surface area (Å²) >= 11 is 0. The summed E-state index contributed by atoms with van der Waals surface area (Å²) in [6.45, 7) is 7.57. The predicted molar refractivity (Wildman–Crippen MR) is 119 cm³/mol. The fraction of sp³-hybridized carbons (Fsp3) is 0.632. The fourth-order valence-electron chi connectivity index (χ4n) is 3.28. The first kappa shape index (κ1) is 22.8. The first-order valence-corrected chi connectivity index (χ1v) is 9.06. The molecule has 6 nitrogen and oxygen atoms in total. The van der Waals surface area contributed by atoms with Crippen LogP contribution in [0, 0.1) is 5.92 Å². The zero-order chi connectivity index (χ0) is 18.2. The molecule has 0 aromatic heterocycles. The van der Waals surface area contributed by atoms with Crippen molar-refractivity contribution >= 4 is 35.6 Å². The third kappa shape index (κ3) is 6.83. The van der Waals surface area contributed by atoms with Gasteiger partial charge < -0.3 is 20.5 Å². The van der Waals surface area contributed by atoms with E-state index < -0.39 is 0 Å². The number of anilines is 1. The van der Waals surface area contributed by atoms with Crippen LogP contribution in [0.3, 0.4) is 0 Å². The van der Waals surface area contributed by atoms with Crippen molar-refractivity contribution in [3.05, 3.63) is 18.2 Å². The zero-order valence-electron chi connectivity index (χ0n) is 16.3. The predicted octanol–water partition coefficient (Wildman–Crippen LogP) is 3.56. The van der Waals surface area contributed by atoms with Gasteiger partial charge >= 0.3 is 0 Å². The summed E-state index contributed by atoms with van der Waals surface area (Å²) in [6, 6.07) is 6.01. The number of nitrogens with two attached hydrogens (primary N) is 1. The van der Waals surface area contributed by atoms with E-state index in [9.17, 15) is 0 Å². The molecule has 1 saturated heterocycles. The van der Waals surface area contributed by atoms with Gasteiger partial charge in [0.1, 0.15) is 11.5 Å². The van der Waals surface area contributed by atoms with Crippen molar-refractivity contribution in [2.75, 3.05) is 39.2 Å². The lowest BCUT2D eigenvalue weighted by Crippen LogP contribution is -2.37. The number of likely N-dealkylation sites (tertiary alicyclic amines) is 1. The van der Waals surface area contributed by atoms with Crippen molar-refractivity contribution in [3.63, 3.8) is 0 Å². The van der Waals surface area contributed by atoms with Crippen molar-refractivity contribution in [1.29, 1.82) is 0 Å². The molecule has 7 heteroatoms. The summed E-state index contributed by atoms with van der Waals surface area (Å²) in [5, 5.41) is 3.14. The van der Waals surface area contributed by atoms with Crippen LogP contribution in [0.1, 0.15) is 33.1 Å². The minimum Gasteiger partial charge on any atom is -0.497 e. The van der Waals surface area contributed by atoms with Crippen molar-refractivity contribution < 1.29 is 9.47 Å². The molecule has 0 saturated carbocycles. The van der Waals surface area contributed by atoms with Gasteiger partial charge in [-0.3, -0.25) is 9.89 Å². The summed E-state index contributed by atoms with van der Waals surface area (Å²) in [5.74, 6) is 2.50. The van der Waals surface area contributed by atoms with E-state index in [1.165, 1.54) is 25.9 Å². The number of guanidine groups is 1. The van der Waals surface area contributed by atoms with Gasteiger partial charge in [0.15, 0.2) is 5.96 Å². The number of hydrogen-bond acceptors (Lipinski definition) is 4. The van der Waals surface area contributed by atoms with Gasteiger partial charge in [-0.25, -0.2) is 0 Å². The van der Waals surface area contributed by atoms with Crippen molar-refractivity contribution in [2.45, 2.75) is 39.2 Å². The summed E-state index contributed by atoms with van der Waals surface area (Å²) in [6.07, 6.45) is 3.71. The van der Waals surface area contributed by atoms with Crippen LogP contribution in [0.15, 0.2) is 23.2 Å². The van der Waals surface area contributed by atoms with E-state index in [0.717, 1.165) is 17.9 Å². The maximum atomic E-state index is 6.12. The Balaban J connectivity index is 0.00000338. The second-order valence-corrected chi connectivity index (χ2v) is 6.94. The molecule has 0 aliphatic carbocycles. The SMILES string of the molecule is COc1ccc(OC)c(NC(N)=NCC(CC(C)C)N2CCCC2)c1.I. The highest BCUT2D eigenvalue weighted by atomic mass is 127. The van der Waals surface area contributed by atoms with Crippen LogP contribution < -0.4 is 20.5 Å². The minimum absolute atomic E-state index is 0. The van der Waals surface area contributed by atoms with E-state index in [4.69, 9.17) is 15.2 Å². The Kier molecular flexibility index (Phi) is 10.1. The number of nitrogens with one attached hydrogen (secondary N) is 1. The number of benzene rings is 1. The monoisotopic (exact) mass is 476 g/mol. The van der Waals surface area contributed by atoms with E-state index >= 15 is 0 Å². The van der Waals surface area contributed by atoms with Crippen LogP contribution in [-0.4, -0.2) is 50.8 Å². The Hall–Kier alpha value is -1.22. The maximum absolute atomic E-state index is 6.12. The average Bonchev–Trinajstić information content (AvgIpc) is 3.12. The Morgan fingerprint density at radius 1 is 1.23 bits per heavy atom. The van der Waals surface area contributed by atoms with Crippen LogP contribution in [0.5, 0.6) is 11.5 Å². The van der Waals surface area contributed by atoms with Gasteiger partial charge in [-0.2, -0.15) is 0 Å². The fourth-order valence-corrected chi connectivity index (χ4v) is 3.28. The van der Waals surface area contributed by atoms with E-state index in [1.807, 2.05) is 18.2 Å². The molecule has 0 amide bonds. The molecule has 1 fully saturated rings. The first-order chi connectivity index (χ1) is 12.0. The smallest absolute Gasteiger partial charge is 0.193 e. The number of aliphatic imine (C=N–C) groups is 1. The van der Waals surface area contributed by atoms with Gasteiger partial charge in [0.25, 0.3) is 0 Å². The largest absolute Gasteiger partial charge is 0.497 e. The Morgan fingerprint density at radius 2 is 1.92 bits per heavy atom. The van der Waals surface area contributed by atoms with Crippen LogP contribution in [0.25, 0.3) is 0 Å². The molecule has 1 heterocycles. The van der Waals surface area contributed by atoms with Gasteiger partial charge in [0, 0.05) is 12.1 Å². The molecular weight excluding hydrogens is 443 g/mol. The third-order valence-corrected chi connectivity index (χ3v) is 4.54. The summed E-state index contributed by atoms with van der Waals surface area (Å²) in [7, 11) is 3.27. The van der Waals surface area contributed by atoms with Gasteiger partial charge in [0.2, 0.25) is 0 Å². The first-order valence-electron chi connectivity index (χ1n) is 9.06. The summed E-state index contributed by atoms with van der Waals surface area (Å²) < 4.78 is 10.6. The molecule has 1 aromatic rings. The number of nitrogens with zero attached hydrogens (tertiary/aromatic N) is 2. The topological polar surface area (TPSA) is 72.1 Å². The molecule has 0 bridgehead atoms. The quantitative estimate of drug-likeness (QED) is 0.341. The summed E-state index contributed by atoms with van der Waals surface area (Å²) in [4.78, 5) is 7.14. The lowest BCUT2D eigenvalue weighted by Gasteiger charge is -2.27. The molecule has 1 aliphatic rings. The summed E-state index contributed by atoms with van der Waals surface area (Å²) in [5.41, 5.74) is 6.88. The third-order valence-electron chi connectivity index (χ3n) is 4.54. The molecule has 2 rings (SSSR count). The van der Waals surface area contributed by atoms with Crippen molar-refractivity contribution in [2.24, 2.45) is 16.6 Å². The van der Waals surface area contributed by atoms with Gasteiger partial charge in [-0.05, 0) is 50.4 Å². The van der Waals surface area contributed by atoms with Crippen LogP contribution in [-0.2, 0) is 0 Å². The Labute approximate surface area is 174 Å². The van der Waals surface area contributed by atoms with E-state index in [1.54, 1.807) is 14.2 Å². The molecule has 1 unspecified atom stereocenters. The van der Waals surface area contributed by atoms with Crippen LogP contribution in [0.2, 0.25) is 0 Å². The molecule has 0 radical (unpaired) electrons. The molecular formula is C19H33IN4O2. The molecule has 1 atom stereocenters. The Bertz CT molecular complexity index is 575. The van der Waals surface area contributed by atoms with Crippen molar-refractivity contribution in [1.82, 2.24) is 4.90 Å². The van der Waals surface area contributed by atoms with E-state index in [2.05, 4.69) is 29.1 Å². The number of hydrogen-bond donors (Lipinski definition) is 2. The molecule has 1 aliphatic heterocycles. The second kappa shape index (κ2) is 11.5. The number of rotatable bonds is 8. The zero-order valence-corrected chi connectivity index (χ0v) is 18.7. The van der Waals surface area contributed by atoms with Gasteiger partial charge in [-0.15, -0.1) is 24.0 Å². The van der Waals surface area contributed by atoms with E-state index in [0.29, 0.717) is 30.2 Å². The lowest BCUT2D eigenvalue weighted by molar-refractivity contribution is 0.218. The molecule has 1 aromatic carbocycles. The Morgan fingerprint density at radius 3 is 2.50 bits per heavy atom. The van der Waals surface area contributed by atoms with Crippen molar-refractivity contribution in [3.8, 4) is 11.5 Å². The van der Waals surface area contributed by atoms with Gasteiger partial charge in [-0.1, -0.05) is 13.8 Å².